The molecule has 0 aliphatic rings. The van der Waals surface area contributed by atoms with Crippen LogP contribution in [0.3, 0.4) is 0 Å². The lowest BCUT2D eigenvalue weighted by Crippen LogP contribution is -2.43. The number of nitrogens with one attached hydrogen (secondary N) is 2. The third kappa shape index (κ3) is 3.85. The van der Waals surface area contributed by atoms with Gasteiger partial charge in [0, 0.05) is 0 Å². The van der Waals surface area contributed by atoms with Gasteiger partial charge in [0.25, 0.3) is 5.91 Å². The van der Waals surface area contributed by atoms with Gasteiger partial charge in [-0.3, -0.25) is 20.4 Å². The molecular weight excluding hydrogens is 272 g/mol. The van der Waals surface area contributed by atoms with E-state index in [4.69, 9.17) is 9.15 Å². The number of ether oxygens (including phenoxy) is 1. The van der Waals surface area contributed by atoms with Gasteiger partial charge in [0.15, 0.2) is 12.4 Å². The monoisotopic (exact) mass is 288 g/mol. The van der Waals surface area contributed by atoms with Crippen LogP contribution in [0.5, 0.6) is 5.75 Å². The highest BCUT2D eigenvalue weighted by molar-refractivity contribution is 5.92. The van der Waals surface area contributed by atoms with E-state index in [9.17, 15) is 9.59 Å². The van der Waals surface area contributed by atoms with E-state index < -0.39 is 11.8 Å². The Hall–Kier alpha value is -2.76. The predicted molar refractivity (Wildman–Crippen MR) is 75.7 cm³/mol. The van der Waals surface area contributed by atoms with Crippen molar-refractivity contribution < 1.29 is 18.7 Å². The van der Waals surface area contributed by atoms with Crippen molar-refractivity contribution in [3.05, 3.63) is 53.5 Å². The van der Waals surface area contributed by atoms with Crippen molar-refractivity contribution in [2.75, 3.05) is 6.61 Å². The molecule has 0 aliphatic carbocycles. The van der Waals surface area contributed by atoms with Gasteiger partial charge in [0.05, 0.1) is 6.26 Å². The topological polar surface area (TPSA) is 80.6 Å². The second-order valence-corrected chi connectivity index (χ2v) is 4.49. The zero-order chi connectivity index (χ0) is 15.2. The van der Waals surface area contributed by atoms with Crippen LogP contribution in [0.15, 0.2) is 41.0 Å². The second kappa shape index (κ2) is 6.60. The van der Waals surface area contributed by atoms with Crippen LogP contribution in [0.1, 0.15) is 21.7 Å². The van der Waals surface area contributed by atoms with Crippen LogP contribution in [0.2, 0.25) is 0 Å². The first-order valence-corrected chi connectivity index (χ1v) is 6.39. The van der Waals surface area contributed by atoms with Gasteiger partial charge >= 0.3 is 5.91 Å². The van der Waals surface area contributed by atoms with E-state index in [1.807, 2.05) is 32.0 Å². The molecule has 0 unspecified atom stereocenters. The maximum absolute atomic E-state index is 11.6. The van der Waals surface area contributed by atoms with Crippen LogP contribution in [0, 0.1) is 13.8 Å². The van der Waals surface area contributed by atoms with Crippen LogP contribution >= 0.6 is 0 Å². The molecular formula is C15H16N2O4. The van der Waals surface area contributed by atoms with Crippen molar-refractivity contribution in [1.29, 1.82) is 0 Å². The maximum Gasteiger partial charge on any atom is 0.305 e. The number of hydrazine groups is 1. The molecule has 1 aromatic heterocycles. The Bertz CT molecular complexity index is 615. The van der Waals surface area contributed by atoms with Gasteiger partial charge in [-0.1, -0.05) is 18.2 Å². The Labute approximate surface area is 122 Å². The Morgan fingerprint density at radius 3 is 2.43 bits per heavy atom. The average molecular weight is 288 g/mol. The highest BCUT2D eigenvalue weighted by atomic mass is 16.5. The summed E-state index contributed by atoms with van der Waals surface area (Å²) in [6.07, 6.45) is 1.38. The Balaban J connectivity index is 1.81. The lowest BCUT2D eigenvalue weighted by Gasteiger charge is -2.12. The minimum atomic E-state index is -0.527. The molecule has 6 nitrogen and oxygen atoms in total. The van der Waals surface area contributed by atoms with Crippen LogP contribution in [0.25, 0.3) is 0 Å². The molecule has 0 atom stereocenters. The van der Waals surface area contributed by atoms with Gasteiger partial charge in [-0.25, -0.2) is 0 Å². The summed E-state index contributed by atoms with van der Waals surface area (Å²) in [4.78, 5) is 23.2. The number of rotatable bonds is 4. The summed E-state index contributed by atoms with van der Waals surface area (Å²) >= 11 is 0. The normalized spacial score (nSPS) is 10.0. The fourth-order valence-electron chi connectivity index (χ4n) is 1.80. The predicted octanol–water partition coefficient (Wildman–Crippen LogP) is 1.74. The van der Waals surface area contributed by atoms with Crippen molar-refractivity contribution in [3.63, 3.8) is 0 Å². The first-order chi connectivity index (χ1) is 10.1. The Morgan fingerprint density at radius 1 is 1.10 bits per heavy atom. The molecule has 2 N–H and O–H groups in total. The average Bonchev–Trinajstić information content (AvgIpc) is 2.98. The van der Waals surface area contributed by atoms with Gasteiger partial charge in [-0.05, 0) is 37.1 Å². The number of para-hydroxylation sites is 1. The highest BCUT2D eigenvalue weighted by Gasteiger charge is 2.11. The number of hydrogen-bond acceptors (Lipinski definition) is 4. The molecule has 0 aliphatic heterocycles. The zero-order valence-corrected chi connectivity index (χ0v) is 11.8. The number of furan rings is 1. The Morgan fingerprint density at radius 2 is 1.81 bits per heavy atom. The highest BCUT2D eigenvalue weighted by Crippen LogP contribution is 2.21. The maximum atomic E-state index is 11.6. The van der Waals surface area contributed by atoms with Gasteiger partial charge in [0.2, 0.25) is 0 Å². The van der Waals surface area contributed by atoms with E-state index in [2.05, 4.69) is 10.9 Å². The molecule has 0 saturated heterocycles. The summed E-state index contributed by atoms with van der Waals surface area (Å²) in [6.45, 7) is 3.61. The fraction of sp³-hybridized carbons (Fsp3) is 0.200. The summed E-state index contributed by atoms with van der Waals surface area (Å²) in [5, 5.41) is 0. The molecule has 1 heterocycles. The van der Waals surface area contributed by atoms with Gasteiger partial charge < -0.3 is 9.15 Å². The van der Waals surface area contributed by atoms with E-state index in [0.29, 0.717) is 5.75 Å². The largest absolute Gasteiger partial charge is 0.483 e. The fourth-order valence-corrected chi connectivity index (χ4v) is 1.80. The summed E-state index contributed by atoms with van der Waals surface area (Å²) in [7, 11) is 0. The zero-order valence-electron chi connectivity index (χ0n) is 11.8. The molecule has 0 saturated carbocycles. The number of aryl methyl sites for hydroxylation is 2. The summed E-state index contributed by atoms with van der Waals surface area (Å²) < 4.78 is 10.4. The lowest BCUT2D eigenvalue weighted by atomic mass is 10.1. The molecule has 2 amide bonds. The number of amides is 2. The summed E-state index contributed by atoms with van der Waals surface area (Å²) in [6, 6.07) is 8.80. The molecule has 0 radical (unpaired) electrons. The van der Waals surface area contributed by atoms with Crippen molar-refractivity contribution >= 4 is 11.8 Å². The van der Waals surface area contributed by atoms with Crippen LogP contribution in [0.4, 0.5) is 0 Å². The van der Waals surface area contributed by atoms with Crippen molar-refractivity contribution in [1.82, 2.24) is 10.9 Å². The van der Waals surface area contributed by atoms with E-state index >= 15 is 0 Å². The van der Waals surface area contributed by atoms with Crippen molar-refractivity contribution in [2.24, 2.45) is 0 Å². The minimum absolute atomic E-state index is 0.117. The van der Waals surface area contributed by atoms with E-state index in [-0.39, 0.29) is 12.4 Å². The molecule has 2 rings (SSSR count). The first-order valence-electron chi connectivity index (χ1n) is 6.39. The third-order valence-electron chi connectivity index (χ3n) is 2.82. The molecule has 110 valence electrons. The third-order valence-corrected chi connectivity index (χ3v) is 2.82. The molecule has 0 fully saturated rings. The van der Waals surface area contributed by atoms with Gasteiger partial charge in [0.1, 0.15) is 5.75 Å². The number of carbonyl (C=O) groups is 2. The van der Waals surface area contributed by atoms with Crippen molar-refractivity contribution in [2.45, 2.75) is 13.8 Å². The van der Waals surface area contributed by atoms with Crippen LogP contribution in [-0.4, -0.2) is 18.4 Å². The summed E-state index contributed by atoms with van der Waals surface area (Å²) in [5.41, 5.74) is 6.39. The number of benzene rings is 1. The van der Waals surface area contributed by atoms with Crippen LogP contribution in [-0.2, 0) is 4.79 Å². The molecule has 21 heavy (non-hydrogen) atoms. The lowest BCUT2D eigenvalue weighted by molar-refractivity contribution is -0.123. The van der Waals surface area contributed by atoms with Crippen LogP contribution < -0.4 is 15.6 Å². The minimum Gasteiger partial charge on any atom is -0.483 e. The molecule has 2 aromatic rings. The SMILES string of the molecule is Cc1cccc(C)c1OCC(=O)NNC(=O)c1ccco1. The standard InChI is InChI=1S/C15H16N2O4/c1-10-5-3-6-11(2)14(10)21-9-13(18)16-17-15(19)12-7-4-8-20-12/h3-8H,9H2,1-2H3,(H,16,18)(H,17,19). The van der Waals surface area contributed by atoms with E-state index in [1.165, 1.54) is 12.3 Å². The van der Waals surface area contributed by atoms with Gasteiger partial charge in [-0.2, -0.15) is 0 Å². The first kappa shape index (κ1) is 14.6. The molecule has 1 aromatic carbocycles. The summed E-state index contributed by atoms with van der Waals surface area (Å²) in [5.74, 6) is -0.200. The van der Waals surface area contributed by atoms with E-state index in [1.54, 1.807) is 6.07 Å². The Kier molecular flexibility index (Phi) is 4.61. The number of carbonyl (C=O) groups excluding carboxylic acids is 2. The van der Waals surface area contributed by atoms with E-state index in [0.717, 1.165) is 11.1 Å². The molecule has 0 bridgehead atoms. The van der Waals surface area contributed by atoms with Crippen molar-refractivity contribution in [3.8, 4) is 5.75 Å². The smallest absolute Gasteiger partial charge is 0.305 e. The van der Waals surface area contributed by atoms with Gasteiger partial charge in [-0.15, -0.1) is 0 Å². The second-order valence-electron chi connectivity index (χ2n) is 4.49. The molecule has 6 heteroatoms. The quantitative estimate of drug-likeness (QED) is 0.840. The molecule has 0 spiro atoms. The number of hydrogen-bond donors (Lipinski definition) is 2.